The van der Waals surface area contributed by atoms with E-state index in [1.165, 1.54) is 18.0 Å². The summed E-state index contributed by atoms with van der Waals surface area (Å²) < 4.78 is 20.9. The summed E-state index contributed by atoms with van der Waals surface area (Å²) in [4.78, 5) is 0. The van der Waals surface area contributed by atoms with Gasteiger partial charge in [0.15, 0.2) is 5.82 Å². The third-order valence-electron chi connectivity index (χ3n) is 2.74. The second kappa shape index (κ2) is 4.14. The fraction of sp³-hybridized carbons (Fsp3) is 0.250. The lowest BCUT2D eigenvalue weighted by molar-refractivity contribution is 0.355. The lowest BCUT2D eigenvalue weighted by Crippen LogP contribution is -2.00. The maximum atomic E-state index is 12.8. The predicted molar refractivity (Wildman–Crippen MR) is 64.6 cm³/mol. The van der Waals surface area contributed by atoms with Gasteiger partial charge in [0.1, 0.15) is 5.75 Å². The highest BCUT2D eigenvalue weighted by Crippen LogP contribution is 2.34. The van der Waals surface area contributed by atoms with Gasteiger partial charge in [-0.05, 0) is 33.1 Å². The molecule has 0 bridgehead atoms. The number of hydrogen-bond acceptors (Lipinski definition) is 2. The fourth-order valence-corrected chi connectivity index (χ4v) is 2.69. The van der Waals surface area contributed by atoms with Crippen molar-refractivity contribution < 1.29 is 9.13 Å². The highest BCUT2D eigenvalue weighted by molar-refractivity contribution is 9.10. The summed E-state index contributed by atoms with van der Waals surface area (Å²) in [7, 11) is 0. The SMILES string of the molecule is Fc1cnn(Cc2cc(Br)c3c(c2)CCO3)c1. The van der Waals surface area contributed by atoms with E-state index in [1.54, 1.807) is 4.68 Å². The Kier molecular flexibility index (Phi) is 2.63. The molecule has 2 aromatic rings. The molecule has 0 radical (unpaired) electrons. The Labute approximate surface area is 106 Å². The monoisotopic (exact) mass is 296 g/mol. The molecule has 2 heterocycles. The molecule has 0 unspecified atom stereocenters. The number of halogens is 2. The Hall–Kier alpha value is -1.36. The molecule has 0 atom stereocenters. The summed E-state index contributed by atoms with van der Waals surface area (Å²) in [5, 5.41) is 3.93. The van der Waals surface area contributed by atoms with Crippen LogP contribution in [0.3, 0.4) is 0 Å². The minimum atomic E-state index is -0.312. The smallest absolute Gasteiger partial charge is 0.161 e. The van der Waals surface area contributed by atoms with Gasteiger partial charge in [-0.15, -0.1) is 0 Å². The van der Waals surface area contributed by atoms with Crippen LogP contribution in [0.5, 0.6) is 5.75 Å². The summed E-state index contributed by atoms with van der Waals surface area (Å²) in [6, 6.07) is 4.08. The topological polar surface area (TPSA) is 27.1 Å². The highest BCUT2D eigenvalue weighted by atomic mass is 79.9. The van der Waals surface area contributed by atoms with Crippen molar-refractivity contribution in [2.45, 2.75) is 13.0 Å². The molecule has 17 heavy (non-hydrogen) atoms. The van der Waals surface area contributed by atoms with Gasteiger partial charge in [-0.25, -0.2) is 4.39 Å². The van der Waals surface area contributed by atoms with Crippen LogP contribution in [0.4, 0.5) is 4.39 Å². The van der Waals surface area contributed by atoms with Crippen LogP contribution in [-0.2, 0) is 13.0 Å². The molecule has 1 aromatic carbocycles. The van der Waals surface area contributed by atoms with Crippen LogP contribution in [0, 0.1) is 5.82 Å². The second-order valence-corrected chi connectivity index (χ2v) is 4.87. The van der Waals surface area contributed by atoms with Crippen LogP contribution in [0.2, 0.25) is 0 Å². The number of rotatable bonds is 2. The zero-order chi connectivity index (χ0) is 11.8. The number of nitrogens with zero attached hydrogens (tertiary/aromatic N) is 2. The molecule has 0 amide bonds. The molecule has 0 saturated heterocycles. The molecule has 0 aliphatic carbocycles. The van der Waals surface area contributed by atoms with Gasteiger partial charge in [-0.1, -0.05) is 6.07 Å². The first-order valence-electron chi connectivity index (χ1n) is 5.34. The summed E-state index contributed by atoms with van der Waals surface area (Å²) in [6.07, 6.45) is 3.53. The van der Waals surface area contributed by atoms with Gasteiger partial charge in [0.05, 0.1) is 30.0 Å². The van der Waals surface area contributed by atoms with Gasteiger partial charge in [-0.2, -0.15) is 5.10 Å². The van der Waals surface area contributed by atoms with Gasteiger partial charge in [0.2, 0.25) is 0 Å². The number of aromatic nitrogens is 2. The summed E-state index contributed by atoms with van der Waals surface area (Å²) in [5.74, 6) is 0.619. The maximum Gasteiger partial charge on any atom is 0.161 e. The van der Waals surface area contributed by atoms with Crippen LogP contribution in [-0.4, -0.2) is 16.4 Å². The number of benzene rings is 1. The molecular weight excluding hydrogens is 287 g/mol. The van der Waals surface area contributed by atoms with E-state index < -0.39 is 0 Å². The fourth-order valence-electron chi connectivity index (χ4n) is 2.03. The van der Waals surface area contributed by atoms with Gasteiger partial charge < -0.3 is 4.74 Å². The van der Waals surface area contributed by atoms with Crippen LogP contribution < -0.4 is 4.74 Å². The van der Waals surface area contributed by atoms with E-state index in [4.69, 9.17) is 4.74 Å². The van der Waals surface area contributed by atoms with Crippen LogP contribution in [0.15, 0.2) is 29.0 Å². The quantitative estimate of drug-likeness (QED) is 0.852. The Morgan fingerprint density at radius 1 is 1.47 bits per heavy atom. The van der Waals surface area contributed by atoms with E-state index in [2.05, 4.69) is 27.1 Å². The Bertz CT molecular complexity index is 568. The van der Waals surface area contributed by atoms with Crippen molar-refractivity contribution in [2.24, 2.45) is 0 Å². The van der Waals surface area contributed by atoms with E-state index >= 15 is 0 Å². The lowest BCUT2D eigenvalue weighted by Gasteiger charge is -2.07. The van der Waals surface area contributed by atoms with E-state index in [0.29, 0.717) is 6.54 Å². The van der Waals surface area contributed by atoms with Crippen molar-refractivity contribution in [2.75, 3.05) is 6.61 Å². The molecule has 0 fully saturated rings. The second-order valence-electron chi connectivity index (χ2n) is 4.02. The van der Waals surface area contributed by atoms with Gasteiger partial charge in [-0.3, -0.25) is 4.68 Å². The van der Waals surface area contributed by atoms with Crippen LogP contribution in [0.25, 0.3) is 0 Å². The van der Waals surface area contributed by atoms with Crippen molar-refractivity contribution in [3.63, 3.8) is 0 Å². The van der Waals surface area contributed by atoms with E-state index in [0.717, 1.165) is 28.8 Å². The van der Waals surface area contributed by atoms with Crippen molar-refractivity contribution in [1.29, 1.82) is 0 Å². The van der Waals surface area contributed by atoms with Crippen molar-refractivity contribution in [1.82, 2.24) is 9.78 Å². The van der Waals surface area contributed by atoms with Crippen LogP contribution >= 0.6 is 15.9 Å². The first-order chi connectivity index (χ1) is 8.22. The molecule has 5 heteroatoms. The Morgan fingerprint density at radius 3 is 3.12 bits per heavy atom. The van der Waals surface area contributed by atoms with Gasteiger partial charge in [0.25, 0.3) is 0 Å². The molecule has 1 aliphatic rings. The molecule has 0 spiro atoms. The highest BCUT2D eigenvalue weighted by Gasteiger charge is 2.16. The van der Waals surface area contributed by atoms with E-state index in [-0.39, 0.29) is 5.82 Å². The Morgan fingerprint density at radius 2 is 2.35 bits per heavy atom. The van der Waals surface area contributed by atoms with Crippen molar-refractivity contribution >= 4 is 15.9 Å². The van der Waals surface area contributed by atoms with Crippen molar-refractivity contribution in [3.05, 3.63) is 45.9 Å². The minimum absolute atomic E-state index is 0.312. The maximum absolute atomic E-state index is 12.8. The Balaban J connectivity index is 1.91. The summed E-state index contributed by atoms with van der Waals surface area (Å²) in [5.41, 5.74) is 2.28. The average molecular weight is 297 g/mol. The number of ether oxygens (including phenoxy) is 1. The zero-order valence-electron chi connectivity index (χ0n) is 8.99. The molecule has 1 aliphatic heterocycles. The first-order valence-corrected chi connectivity index (χ1v) is 6.14. The van der Waals surface area contributed by atoms with Crippen molar-refractivity contribution in [3.8, 4) is 5.75 Å². The molecule has 88 valence electrons. The average Bonchev–Trinajstić information content (AvgIpc) is 2.87. The molecule has 0 N–H and O–H groups in total. The van der Waals surface area contributed by atoms with E-state index in [9.17, 15) is 4.39 Å². The van der Waals surface area contributed by atoms with E-state index in [1.807, 2.05) is 6.07 Å². The molecule has 0 saturated carbocycles. The van der Waals surface area contributed by atoms with Crippen LogP contribution in [0.1, 0.15) is 11.1 Å². The molecular formula is C12H10BrFN2O. The summed E-state index contributed by atoms with van der Waals surface area (Å²) >= 11 is 3.49. The third-order valence-corrected chi connectivity index (χ3v) is 3.33. The predicted octanol–water partition coefficient (Wildman–Crippen LogP) is 2.77. The van der Waals surface area contributed by atoms with Gasteiger partial charge >= 0.3 is 0 Å². The normalized spacial score (nSPS) is 13.5. The molecule has 3 rings (SSSR count). The first kappa shape index (κ1) is 10.8. The number of hydrogen-bond donors (Lipinski definition) is 0. The zero-order valence-corrected chi connectivity index (χ0v) is 10.6. The molecule has 1 aromatic heterocycles. The number of fused-ring (bicyclic) bond motifs is 1. The third kappa shape index (κ3) is 2.07. The summed E-state index contributed by atoms with van der Waals surface area (Å²) in [6.45, 7) is 1.30. The molecule has 3 nitrogen and oxygen atoms in total. The van der Waals surface area contributed by atoms with Gasteiger partial charge in [0, 0.05) is 6.42 Å². The standard InChI is InChI=1S/C12H10BrFN2O/c13-11-4-8(3-9-1-2-17-12(9)11)6-16-7-10(14)5-15-16/h3-5,7H,1-2,6H2. The minimum Gasteiger partial charge on any atom is -0.492 e. The lowest BCUT2D eigenvalue weighted by atomic mass is 10.1. The largest absolute Gasteiger partial charge is 0.492 e.